The maximum Gasteiger partial charge on any atom is 0.252 e. The van der Waals surface area contributed by atoms with Gasteiger partial charge >= 0.3 is 0 Å². The SMILES string of the molecule is CNC(=O)[C@@]1(O)CC[C@H]2[C@@H]3CCC4=Cc5c(cnn5-c5ccc(F)cc5)C[C@]4(C)[C@H]3[C@@H](O)C[C@@]21C. The van der Waals surface area contributed by atoms with Gasteiger partial charge in [0.25, 0.3) is 5.91 Å². The molecule has 0 unspecified atom stereocenters. The number of nitrogens with zero attached hydrogens (tertiary/aromatic N) is 2. The number of amides is 1. The summed E-state index contributed by atoms with van der Waals surface area (Å²) in [6, 6.07) is 6.38. The molecule has 3 fully saturated rings. The van der Waals surface area contributed by atoms with E-state index in [9.17, 15) is 19.4 Å². The van der Waals surface area contributed by atoms with E-state index in [4.69, 9.17) is 0 Å². The first-order valence-corrected chi connectivity index (χ1v) is 12.8. The summed E-state index contributed by atoms with van der Waals surface area (Å²) in [7, 11) is 1.57. The lowest BCUT2D eigenvalue weighted by molar-refractivity contribution is -0.180. The van der Waals surface area contributed by atoms with Crippen LogP contribution in [0.3, 0.4) is 0 Å². The molecule has 2 aromatic rings. The van der Waals surface area contributed by atoms with Crippen molar-refractivity contribution < 1.29 is 19.4 Å². The summed E-state index contributed by atoms with van der Waals surface area (Å²) in [6.45, 7) is 4.29. The standard InChI is InChI=1S/C28H34FN3O3/c1-26-13-16-15-31-32(19-7-5-18(29)6-8-19)22(16)12-17(26)4-9-20-21-10-11-28(35,25(34)30-3)27(21,2)14-23(33)24(20)26/h5-8,12,15,20-21,23-24,33,35H,4,9-11,13-14H2,1-3H3,(H,30,34)/t20-,21-,23-,24+,26-,27-,28-/m0/s1. The average molecular weight is 480 g/mol. The third-order valence-corrected chi connectivity index (χ3v) is 10.3. The molecule has 0 aliphatic heterocycles. The van der Waals surface area contributed by atoms with Gasteiger partial charge in [-0.2, -0.15) is 5.10 Å². The molecule has 0 bridgehead atoms. The Hall–Kier alpha value is -2.51. The summed E-state index contributed by atoms with van der Waals surface area (Å²) < 4.78 is 15.3. The molecule has 1 aromatic carbocycles. The van der Waals surface area contributed by atoms with E-state index in [1.165, 1.54) is 17.7 Å². The van der Waals surface area contributed by atoms with Crippen LogP contribution in [0.2, 0.25) is 0 Å². The first-order chi connectivity index (χ1) is 16.6. The molecule has 4 aliphatic carbocycles. The van der Waals surface area contributed by atoms with Crippen LogP contribution in [0, 0.1) is 34.4 Å². The van der Waals surface area contributed by atoms with Crippen LogP contribution >= 0.6 is 0 Å². The van der Waals surface area contributed by atoms with Crippen molar-refractivity contribution in [2.75, 3.05) is 7.05 Å². The van der Waals surface area contributed by atoms with Crippen molar-refractivity contribution >= 4 is 12.0 Å². The minimum Gasteiger partial charge on any atom is -0.393 e. The van der Waals surface area contributed by atoms with Gasteiger partial charge in [0.2, 0.25) is 0 Å². The van der Waals surface area contributed by atoms with Crippen LogP contribution in [0.25, 0.3) is 11.8 Å². The van der Waals surface area contributed by atoms with Crippen molar-refractivity contribution in [1.29, 1.82) is 0 Å². The Bertz CT molecular complexity index is 1220. The smallest absolute Gasteiger partial charge is 0.252 e. The summed E-state index contributed by atoms with van der Waals surface area (Å²) >= 11 is 0. The number of likely N-dealkylation sites (N-methyl/N-ethyl adjacent to an activating group) is 1. The number of fused-ring (bicyclic) bond motifs is 6. The fraction of sp³-hybridized carbons (Fsp3) is 0.571. The molecule has 0 radical (unpaired) electrons. The molecule has 1 heterocycles. The zero-order valence-corrected chi connectivity index (χ0v) is 20.6. The highest BCUT2D eigenvalue weighted by molar-refractivity contribution is 5.86. The van der Waals surface area contributed by atoms with E-state index in [1.807, 2.05) is 17.8 Å². The van der Waals surface area contributed by atoms with Crippen molar-refractivity contribution in [3.8, 4) is 5.69 Å². The second-order valence-corrected chi connectivity index (χ2v) is 11.7. The minimum absolute atomic E-state index is 0.0648. The summed E-state index contributed by atoms with van der Waals surface area (Å²) in [5.74, 6) is -0.0908. The number of rotatable bonds is 2. The molecule has 186 valence electrons. The van der Waals surface area contributed by atoms with Crippen molar-refractivity contribution in [3.63, 3.8) is 0 Å². The number of aliphatic hydroxyl groups excluding tert-OH is 1. The van der Waals surface area contributed by atoms with Crippen molar-refractivity contribution in [2.24, 2.45) is 28.6 Å². The lowest BCUT2D eigenvalue weighted by atomic mass is 9.45. The van der Waals surface area contributed by atoms with E-state index >= 15 is 0 Å². The number of aliphatic hydroxyl groups is 2. The van der Waals surface area contributed by atoms with Crippen LogP contribution in [0.15, 0.2) is 36.0 Å². The van der Waals surface area contributed by atoms with Crippen LogP contribution in [0.1, 0.15) is 57.2 Å². The Labute approximate surface area is 205 Å². The monoisotopic (exact) mass is 479 g/mol. The number of halogens is 1. The van der Waals surface area contributed by atoms with Crippen LogP contribution in [0.5, 0.6) is 0 Å². The Morgan fingerprint density at radius 1 is 1.23 bits per heavy atom. The molecule has 3 N–H and O–H groups in total. The third-order valence-electron chi connectivity index (χ3n) is 10.3. The maximum atomic E-state index is 13.5. The average Bonchev–Trinajstić information content (AvgIpc) is 3.35. The number of nitrogens with one attached hydrogen (secondary N) is 1. The zero-order valence-electron chi connectivity index (χ0n) is 20.6. The van der Waals surface area contributed by atoms with E-state index in [0.29, 0.717) is 12.8 Å². The van der Waals surface area contributed by atoms with Gasteiger partial charge in [0.1, 0.15) is 11.4 Å². The maximum absolute atomic E-state index is 13.5. The molecular formula is C28H34FN3O3. The van der Waals surface area contributed by atoms with E-state index < -0.39 is 17.1 Å². The van der Waals surface area contributed by atoms with E-state index in [-0.39, 0.29) is 34.9 Å². The van der Waals surface area contributed by atoms with Gasteiger partial charge in [0, 0.05) is 12.5 Å². The molecule has 0 saturated heterocycles. The van der Waals surface area contributed by atoms with Crippen molar-refractivity contribution in [3.05, 3.63) is 53.1 Å². The lowest BCUT2D eigenvalue weighted by Crippen LogP contribution is -2.63. The van der Waals surface area contributed by atoms with E-state index in [1.54, 1.807) is 19.2 Å². The van der Waals surface area contributed by atoms with Crippen LogP contribution in [-0.2, 0) is 11.2 Å². The first-order valence-electron chi connectivity index (χ1n) is 12.8. The predicted octanol–water partition coefficient (Wildman–Crippen LogP) is 3.64. The van der Waals surface area contributed by atoms with E-state index in [2.05, 4.69) is 23.4 Å². The minimum atomic E-state index is -1.44. The number of benzene rings is 1. The van der Waals surface area contributed by atoms with Gasteiger partial charge in [-0.05, 0) is 97.6 Å². The van der Waals surface area contributed by atoms with Crippen LogP contribution in [-0.4, -0.2) is 44.7 Å². The van der Waals surface area contributed by atoms with Gasteiger partial charge in [0.05, 0.1) is 23.7 Å². The van der Waals surface area contributed by atoms with Crippen molar-refractivity contribution in [1.82, 2.24) is 15.1 Å². The molecular weight excluding hydrogens is 445 g/mol. The highest BCUT2D eigenvalue weighted by Crippen LogP contribution is 2.67. The van der Waals surface area contributed by atoms with Gasteiger partial charge in [-0.15, -0.1) is 0 Å². The fourth-order valence-corrected chi connectivity index (χ4v) is 8.56. The molecule has 3 saturated carbocycles. The number of allylic oxidation sites excluding steroid dienone is 1. The molecule has 0 spiro atoms. The summed E-state index contributed by atoms with van der Waals surface area (Å²) in [5, 5.41) is 30.4. The molecule has 6 nitrogen and oxygen atoms in total. The second kappa shape index (κ2) is 7.50. The third kappa shape index (κ3) is 2.94. The second-order valence-electron chi connectivity index (χ2n) is 11.7. The van der Waals surface area contributed by atoms with Crippen LogP contribution in [0.4, 0.5) is 4.39 Å². The van der Waals surface area contributed by atoms with Gasteiger partial charge in [-0.3, -0.25) is 4.79 Å². The number of carbonyl (C=O) groups is 1. The number of hydrogen-bond donors (Lipinski definition) is 3. The fourth-order valence-electron chi connectivity index (χ4n) is 8.56. The normalized spacial score (nSPS) is 39.7. The quantitative estimate of drug-likeness (QED) is 0.614. The Morgan fingerprint density at radius 2 is 1.97 bits per heavy atom. The van der Waals surface area contributed by atoms with E-state index in [0.717, 1.165) is 42.6 Å². The van der Waals surface area contributed by atoms with Gasteiger partial charge < -0.3 is 15.5 Å². The molecule has 1 amide bonds. The Kier molecular flexibility index (Phi) is 4.91. The number of carbonyl (C=O) groups excluding carboxylic acids is 1. The number of hydrogen-bond acceptors (Lipinski definition) is 4. The van der Waals surface area contributed by atoms with Crippen molar-refractivity contribution in [2.45, 2.75) is 64.1 Å². The highest BCUT2D eigenvalue weighted by Gasteiger charge is 2.68. The molecule has 4 aliphatic rings. The molecule has 1 aromatic heterocycles. The molecule has 6 rings (SSSR count). The van der Waals surface area contributed by atoms with Gasteiger partial charge in [-0.25, -0.2) is 9.07 Å². The number of aromatic nitrogens is 2. The van der Waals surface area contributed by atoms with Gasteiger partial charge in [-0.1, -0.05) is 19.4 Å². The Balaban J connectivity index is 1.37. The highest BCUT2D eigenvalue weighted by atomic mass is 19.1. The Morgan fingerprint density at radius 3 is 2.69 bits per heavy atom. The lowest BCUT2D eigenvalue weighted by Gasteiger charge is -2.60. The van der Waals surface area contributed by atoms with Gasteiger partial charge in [0.15, 0.2) is 0 Å². The zero-order chi connectivity index (χ0) is 24.8. The largest absolute Gasteiger partial charge is 0.393 e. The topological polar surface area (TPSA) is 87.4 Å². The molecule has 35 heavy (non-hydrogen) atoms. The summed E-state index contributed by atoms with van der Waals surface area (Å²) in [5.41, 5.74) is 2.04. The predicted molar refractivity (Wildman–Crippen MR) is 130 cm³/mol. The summed E-state index contributed by atoms with van der Waals surface area (Å²) in [4.78, 5) is 12.7. The van der Waals surface area contributed by atoms with Crippen LogP contribution < -0.4 is 5.32 Å². The first kappa shape index (κ1) is 22.9. The molecule has 7 atom stereocenters. The molecule has 7 heteroatoms. The summed E-state index contributed by atoms with van der Waals surface area (Å²) in [6.07, 6.45) is 7.86.